The Hall–Kier alpha value is -1.50. The zero-order valence-electron chi connectivity index (χ0n) is 7.14. The van der Waals surface area contributed by atoms with Gasteiger partial charge in [0.25, 0.3) is 5.22 Å². The van der Waals surface area contributed by atoms with Gasteiger partial charge < -0.3 is 4.42 Å². The van der Waals surface area contributed by atoms with Crippen LogP contribution in [0.1, 0.15) is 5.89 Å². The van der Waals surface area contributed by atoms with Crippen LogP contribution >= 0.6 is 11.8 Å². The highest BCUT2D eigenvalue weighted by Crippen LogP contribution is 2.23. The number of hydrogen-bond donors (Lipinski definition) is 0. The highest BCUT2D eigenvalue weighted by atomic mass is 32.2. The van der Waals surface area contributed by atoms with Gasteiger partial charge in [-0.3, -0.25) is 0 Å². The highest BCUT2D eigenvalue weighted by Gasteiger charge is 2.06. The number of aryl methyl sites for hydroxylation is 1. The Kier molecular flexibility index (Phi) is 2.40. The molecule has 0 spiro atoms. The van der Waals surface area contributed by atoms with Crippen molar-refractivity contribution in [3.63, 3.8) is 0 Å². The molecule has 14 heavy (non-hydrogen) atoms. The summed E-state index contributed by atoms with van der Waals surface area (Å²) in [7, 11) is 0. The average molecular weight is 212 g/mol. The van der Waals surface area contributed by atoms with Crippen molar-refractivity contribution in [2.24, 2.45) is 0 Å². The molecule has 0 amide bonds. The maximum Gasteiger partial charge on any atom is 0.282 e. The average Bonchev–Trinajstić information content (AvgIpc) is 2.51. The number of hydrogen-bond acceptors (Lipinski definition) is 6. The topological polar surface area (TPSA) is 64.7 Å². The van der Waals surface area contributed by atoms with Gasteiger partial charge in [0.05, 0.1) is 0 Å². The van der Waals surface area contributed by atoms with E-state index < -0.39 is 5.95 Å². The maximum atomic E-state index is 12.6. The number of rotatable bonds is 2. The van der Waals surface area contributed by atoms with Crippen LogP contribution in [-0.4, -0.2) is 20.2 Å². The lowest BCUT2D eigenvalue weighted by Gasteiger charge is -1.93. The molecule has 0 aliphatic rings. The first-order valence-corrected chi connectivity index (χ1v) is 4.51. The predicted octanol–water partition coefficient (Wildman–Crippen LogP) is 1.46. The normalized spacial score (nSPS) is 10.4. The van der Waals surface area contributed by atoms with Gasteiger partial charge in [0.2, 0.25) is 11.8 Å². The summed E-state index contributed by atoms with van der Waals surface area (Å²) >= 11 is 1.09. The summed E-state index contributed by atoms with van der Waals surface area (Å²) in [4.78, 5) is 7.16. The molecule has 0 atom stereocenters. The fraction of sp³-hybridized carbons (Fsp3) is 0.143. The first kappa shape index (κ1) is 9.07. The zero-order chi connectivity index (χ0) is 9.97. The third-order valence-corrected chi connectivity index (χ3v) is 2.08. The summed E-state index contributed by atoms with van der Waals surface area (Å²) in [6, 6.07) is 1.20. The molecule has 0 unspecified atom stereocenters. The molecule has 72 valence electrons. The van der Waals surface area contributed by atoms with Crippen molar-refractivity contribution >= 4 is 11.8 Å². The molecule has 0 N–H and O–H groups in total. The van der Waals surface area contributed by atoms with E-state index in [9.17, 15) is 4.39 Å². The van der Waals surface area contributed by atoms with E-state index in [1.807, 2.05) is 0 Å². The van der Waals surface area contributed by atoms with Gasteiger partial charge in [-0.2, -0.15) is 4.39 Å². The lowest BCUT2D eigenvalue weighted by Crippen LogP contribution is -1.86. The summed E-state index contributed by atoms with van der Waals surface area (Å²) in [5, 5.41) is 8.13. The van der Waals surface area contributed by atoms with Gasteiger partial charge in [0.1, 0.15) is 11.4 Å². The molecule has 7 heteroatoms. The van der Waals surface area contributed by atoms with E-state index in [1.54, 1.807) is 6.92 Å². The van der Waals surface area contributed by atoms with Crippen molar-refractivity contribution in [1.82, 2.24) is 20.2 Å². The van der Waals surface area contributed by atoms with Crippen LogP contribution in [0.3, 0.4) is 0 Å². The van der Waals surface area contributed by atoms with Crippen LogP contribution in [-0.2, 0) is 0 Å². The highest BCUT2D eigenvalue weighted by molar-refractivity contribution is 7.99. The Labute approximate surface area is 82.8 Å². The van der Waals surface area contributed by atoms with Gasteiger partial charge in [-0.25, -0.2) is 9.97 Å². The fourth-order valence-electron chi connectivity index (χ4n) is 0.782. The van der Waals surface area contributed by atoms with E-state index >= 15 is 0 Å². The van der Waals surface area contributed by atoms with Crippen LogP contribution in [0.5, 0.6) is 0 Å². The molecule has 0 aliphatic carbocycles. The van der Waals surface area contributed by atoms with Crippen molar-refractivity contribution in [2.75, 3.05) is 0 Å². The molecule has 2 heterocycles. The van der Waals surface area contributed by atoms with Crippen LogP contribution in [0.2, 0.25) is 0 Å². The second-order valence-electron chi connectivity index (χ2n) is 2.37. The summed E-state index contributed by atoms with van der Waals surface area (Å²) < 4.78 is 17.7. The molecule has 0 bridgehead atoms. The Balaban J connectivity index is 2.18. The zero-order valence-corrected chi connectivity index (χ0v) is 7.95. The van der Waals surface area contributed by atoms with Crippen LogP contribution in [0.4, 0.5) is 4.39 Å². The van der Waals surface area contributed by atoms with Crippen molar-refractivity contribution in [1.29, 1.82) is 0 Å². The summed E-state index contributed by atoms with van der Waals surface area (Å²) in [5.41, 5.74) is 0. The van der Waals surface area contributed by atoms with Gasteiger partial charge in [-0.05, 0) is 11.8 Å². The van der Waals surface area contributed by atoms with Crippen LogP contribution in [0.25, 0.3) is 0 Å². The summed E-state index contributed by atoms with van der Waals surface area (Å²) in [6.45, 7) is 1.68. The summed E-state index contributed by atoms with van der Waals surface area (Å²) in [5.74, 6) is -0.124. The third kappa shape index (κ3) is 2.05. The quantitative estimate of drug-likeness (QED) is 0.702. The Morgan fingerprint density at radius 3 is 2.86 bits per heavy atom. The van der Waals surface area contributed by atoms with E-state index in [0.717, 1.165) is 18.1 Å². The summed E-state index contributed by atoms with van der Waals surface area (Å²) in [6.07, 6.45) is 1.14. The van der Waals surface area contributed by atoms with Crippen LogP contribution < -0.4 is 0 Å². The van der Waals surface area contributed by atoms with Gasteiger partial charge >= 0.3 is 0 Å². The first-order chi connectivity index (χ1) is 6.74. The van der Waals surface area contributed by atoms with Gasteiger partial charge in [-0.15, -0.1) is 10.2 Å². The number of nitrogens with zero attached hydrogens (tertiary/aromatic N) is 4. The smallest absolute Gasteiger partial charge is 0.282 e. The van der Waals surface area contributed by atoms with E-state index in [4.69, 9.17) is 4.42 Å². The van der Waals surface area contributed by atoms with Crippen LogP contribution in [0.15, 0.2) is 27.1 Å². The minimum atomic E-state index is -0.585. The van der Waals surface area contributed by atoms with Crippen LogP contribution in [0, 0.1) is 12.9 Å². The van der Waals surface area contributed by atoms with Gasteiger partial charge in [0.15, 0.2) is 0 Å². The molecule has 0 fully saturated rings. The largest absolute Gasteiger partial charge is 0.416 e. The van der Waals surface area contributed by atoms with Crippen molar-refractivity contribution < 1.29 is 8.81 Å². The minimum absolute atomic E-state index is 0.334. The molecule has 0 aliphatic heterocycles. The molecule has 5 nitrogen and oxygen atoms in total. The predicted molar refractivity (Wildman–Crippen MR) is 45.1 cm³/mol. The number of halogens is 1. The number of aromatic nitrogens is 4. The molecular formula is C7H5FN4OS. The molecular weight excluding hydrogens is 207 g/mol. The Morgan fingerprint density at radius 1 is 1.36 bits per heavy atom. The molecule has 0 radical (unpaired) electrons. The minimum Gasteiger partial charge on any atom is -0.416 e. The molecule has 0 saturated carbocycles. The lowest BCUT2D eigenvalue weighted by molar-refractivity contribution is 0.429. The first-order valence-electron chi connectivity index (χ1n) is 3.69. The van der Waals surface area contributed by atoms with Gasteiger partial charge in [0, 0.05) is 13.0 Å². The van der Waals surface area contributed by atoms with Crippen molar-refractivity contribution in [3.8, 4) is 0 Å². The second-order valence-corrected chi connectivity index (χ2v) is 3.34. The molecule has 2 aromatic heterocycles. The van der Waals surface area contributed by atoms with Crippen molar-refractivity contribution in [2.45, 2.75) is 17.2 Å². The standard InChI is InChI=1S/C7H5FN4OS/c1-4-11-12-7(13-4)14-6-2-5(8)9-3-10-6/h2-3H,1H3. The van der Waals surface area contributed by atoms with Crippen molar-refractivity contribution in [3.05, 3.63) is 24.2 Å². The molecule has 0 aromatic carbocycles. The van der Waals surface area contributed by atoms with E-state index in [2.05, 4.69) is 20.2 Å². The lowest BCUT2D eigenvalue weighted by atomic mass is 10.7. The maximum absolute atomic E-state index is 12.6. The van der Waals surface area contributed by atoms with Gasteiger partial charge in [-0.1, -0.05) is 0 Å². The van der Waals surface area contributed by atoms with E-state index in [0.29, 0.717) is 16.1 Å². The molecule has 2 aromatic rings. The third-order valence-electron chi connectivity index (χ3n) is 1.31. The molecule has 0 saturated heterocycles. The fourth-order valence-corrected chi connectivity index (χ4v) is 1.46. The van der Waals surface area contributed by atoms with E-state index in [-0.39, 0.29) is 0 Å². The monoisotopic (exact) mass is 212 g/mol. The Morgan fingerprint density at radius 2 is 2.21 bits per heavy atom. The SMILES string of the molecule is Cc1nnc(Sc2cc(F)ncn2)o1. The molecule has 2 rings (SSSR count). The van der Waals surface area contributed by atoms with E-state index in [1.165, 1.54) is 6.07 Å². The Bertz CT molecular complexity index is 447. The second kappa shape index (κ2) is 3.70.